The largest absolute Gasteiger partial charge is 0.294 e. The van der Waals surface area contributed by atoms with Gasteiger partial charge in [-0.15, -0.1) is 0 Å². The van der Waals surface area contributed by atoms with Crippen molar-refractivity contribution in [2.45, 2.75) is 25.8 Å². The minimum absolute atomic E-state index is 0.111. The van der Waals surface area contributed by atoms with Crippen LogP contribution in [0.25, 0.3) is 0 Å². The van der Waals surface area contributed by atoms with Crippen LogP contribution in [0.3, 0.4) is 0 Å². The van der Waals surface area contributed by atoms with Gasteiger partial charge < -0.3 is 0 Å². The molecule has 1 heterocycles. The first-order valence-corrected chi connectivity index (χ1v) is 5.47. The van der Waals surface area contributed by atoms with Gasteiger partial charge in [-0.1, -0.05) is 0 Å². The Bertz CT molecular complexity index is 299. The van der Waals surface area contributed by atoms with Crippen molar-refractivity contribution < 1.29 is 4.79 Å². The van der Waals surface area contributed by atoms with Crippen LogP contribution in [0.2, 0.25) is 0 Å². The van der Waals surface area contributed by atoms with E-state index in [1.54, 1.807) is 0 Å². The fraction of sp³-hybridized carbons (Fsp3) is 0.500. The van der Waals surface area contributed by atoms with E-state index in [0.29, 0.717) is 6.42 Å². The van der Waals surface area contributed by atoms with Gasteiger partial charge in [-0.3, -0.25) is 14.9 Å². The summed E-state index contributed by atoms with van der Waals surface area (Å²) in [6.07, 6.45) is 6.04. The van der Waals surface area contributed by atoms with Crippen LogP contribution in [0.1, 0.15) is 19.3 Å². The minimum Gasteiger partial charge on any atom is -0.294 e. The highest BCUT2D eigenvalue weighted by atomic mass is 127. The molecule has 3 N–H and O–H groups in total. The van der Waals surface area contributed by atoms with E-state index in [4.69, 9.17) is 5.84 Å². The van der Waals surface area contributed by atoms with E-state index < -0.39 is 0 Å². The molecule has 0 fully saturated rings. The number of rotatable bonds is 5. The molecule has 0 atom stereocenters. The van der Waals surface area contributed by atoms with Crippen molar-refractivity contribution >= 4 is 28.5 Å². The van der Waals surface area contributed by atoms with Crippen molar-refractivity contribution in [1.82, 2.24) is 15.2 Å². The topological polar surface area (TPSA) is 72.9 Å². The maximum absolute atomic E-state index is 10.8. The Morgan fingerprint density at radius 3 is 3.00 bits per heavy atom. The van der Waals surface area contributed by atoms with Crippen molar-refractivity contribution in [3.63, 3.8) is 0 Å². The number of nitrogens with one attached hydrogen (secondary N) is 1. The smallest absolute Gasteiger partial charge is 0.233 e. The van der Waals surface area contributed by atoms with Crippen molar-refractivity contribution in [3.05, 3.63) is 16.0 Å². The van der Waals surface area contributed by atoms with Crippen LogP contribution in [0.4, 0.5) is 0 Å². The molecule has 14 heavy (non-hydrogen) atoms. The fourth-order valence-corrected chi connectivity index (χ4v) is 1.54. The maximum atomic E-state index is 10.8. The molecule has 0 aliphatic rings. The molecule has 1 aromatic heterocycles. The van der Waals surface area contributed by atoms with Gasteiger partial charge >= 0.3 is 0 Å². The summed E-state index contributed by atoms with van der Waals surface area (Å²) >= 11 is 2.21. The first-order valence-electron chi connectivity index (χ1n) is 4.40. The summed E-state index contributed by atoms with van der Waals surface area (Å²) in [5.74, 6) is 4.84. The predicted octanol–water partition coefficient (Wildman–Crippen LogP) is 0.648. The van der Waals surface area contributed by atoms with E-state index in [-0.39, 0.29) is 5.91 Å². The Hall–Kier alpha value is -0.630. The fourth-order valence-electron chi connectivity index (χ4n) is 1.09. The second kappa shape index (κ2) is 5.97. The Balaban J connectivity index is 2.13. The molecule has 1 rings (SSSR count). The summed E-state index contributed by atoms with van der Waals surface area (Å²) in [4.78, 5) is 10.8. The number of aryl methyl sites for hydroxylation is 1. The molecule has 1 aromatic rings. The highest BCUT2D eigenvalue weighted by Gasteiger charge is 1.98. The lowest BCUT2D eigenvalue weighted by molar-refractivity contribution is -0.121. The summed E-state index contributed by atoms with van der Waals surface area (Å²) in [6.45, 7) is 0.848. The maximum Gasteiger partial charge on any atom is 0.233 e. The lowest BCUT2D eigenvalue weighted by Gasteiger charge is -2.00. The number of hydrogen-bond acceptors (Lipinski definition) is 3. The number of halogens is 1. The molecule has 0 saturated carbocycles. The standard InChI is InChI=1S/C8H13IN4O/c9-7-5-11-13(6-7)4-2-1-3-8(14)12-10/h5-6H,1-4,10H2,(H,12,14). The third-order valence-corrected chi connectivity index (χ3v) is 2.36. The van der Waals surface area contributed by atoms with Crippen LogP contribution in [0.5, 0.6) is 0 Å². The Kier molecular flexibility index (Phi) is 4.88. The van der Waals surface area contributed by atoms with Gasteiger partial charge in [0.25, 0.3) is 0 Å². The molecule has 78 valence electrons. The zero-order chi connectivity index (χ0) is 10.4. The van der Waals surface area contributed by atoms with Crippen molar-refractivity contribution in [3.8, 4) is 0 Å². The number of carbonyl (C=O) groups is 1. The summed E-state index contributed by atoms with van der Waals surface area (Å²) in [5.41, 5.74) is 2.11. The SMILES string of the molecule is NNC(=O)CCCCn1cc(I)cn1. The minimum atomic E-state index is -0.111. The average Bonchev–Trinajstić information content (AvgIpc) is 2.58. The molecule has 1 amide bonds. The summed E-state index contributed by atoms with van der Waals surface area (Å²) in [6, 6.07) is 0. The number of nitrogens with two attached hydrogens (primary N) is 1. The van der Waals surface area contributed by atoms with E-state index in [1.165, 1.54) is 0 Å². The molecular weight excluding hydrogens is 295 g/mol. The Labute approximate surface area is 96.1 Å². The quantitative estimate of drug-likeness (QED) is 0.276. The lowest BCUT2D eigenvalue weighted by atomic mass is 10.2. The summed E-state index contributed by atoms with van der Waals surface area (Å²) < 4.78 is 3.00. The van der Waals surface area contributed by atoms with Gasteiger partial charge in [0.05, 0.1) is 9.77 Å². The van der Waals surface area contributed by atoms with Crippen LogP contribution in [-0.4, -0.2) is 15.7 Å². The van der Waals surface area contributed by atoms with E-state index in [1.807, 2.05) is 17.1 Å². The van der Waals surface area contributed by atoms with Crippen molar-refractivity contribution in [2.75, 3.05) is 0 Å². The normalized spacial score (nSPS) is 10.1. The zero-order valence-corrected chi connectivity index (χ0v) is 9.90. The Morgan fingerprint density at radius 2 is 2.43 bits per heavy atom. The highest BCUT2D eigenvalue weighted by molar-refractivity contribution is 14.1. The van der Waals surface area contributed by atoms with Crippen molar-refractivity contribution in [2.24, 2.45) is 5.84 Å². The molecule has 0 radical (unpaired) electrons. The first kappa shape index (κ1) is 11.4. The number of hydrogen-bond donors (Lipinski definition) is 2. The zero-order valence-electron chi connectivity index (χ0n) is 7.74. The first-order chi connectivity index (χ1) is 6.72. The van der Waals surface area contributed by atoms with Gasteiger partial charge in [-0.05, 0) is 35.4 Å². The molecule has 0 aliphatic carbocycles. The van der Waals surface area contributed by atoms with Gasteiger partial charge in [0, 0.05) is 19.2 Å². The van der Waals surface area contributed by atoms with E-state index in [0.717, 1.165) is 23.0 Å². The Morgan fingerprint density at radius 1 is 1.64 bits per heavy atom. The second-order valence-electron chi connectivity index (χ2n) is 2.95. The summed E-state index contributed by atoms with van der Waals surface area (Å²) in [7, 11) is 0. The molecule has 0 unspecified atom stereocenters. The van der Waals surface area contributed by atoms with Crippen LogP contribution < -0.4 is 11.3 Å². The molecule has 0 saturated heterocycles. The third-order valence-electron chi connectivity index (χ3n) is 1.80. The third kappa shape index (κ3) is 4.05. The van der Waals surface area contributed by atoms with Gasteiger partial charge in [-0.2, -0.15) is 5.10 Å². The number of nitrogens with zero attached hydrogens (tertiary/aromatic N) is 2. The average molecular weight is 308 g/mol. The van der Waals surface area contributed by atoms with Crippen molar-refractivity contribution in [1.29, 1.82) is 0 Å². The summed E-state index contributed by atoms with van der Waals surface area (Å²) in [5, 5.41) is 4.14. The lowest BCUT2D eigenvalue weighted by Crippen LogP contribution is -2.29. The number of aromatic nitrogens is 2. The molecule has 0 spiro atoms. The number of amides is 1. The van der Waals surface area contributed by atoms with Gasteiger partial charge in [0.2, 0.25) is 5.91 Å². The second-order valence-corrected chi connectivity index (χ2v) is 4.19. The van der Waals surface area contributed by atoms with Gasteiger partial charge in [-0.25, -0.2) is 5.84 Å². The molecule has 0 bridgehead atoms. The predicted molar refractivity (Wildman–Crippen MR) is 61.1 cm³/mol. The molecule has 6 heteroatoms. The van der Waals surface area contributed by atoms with Crippen LogP contribution in [0.15, 0.2) is 12.4 Å². The molecule has 5 nitrogen and oxygen atoms in total. The van der Waals surface area contributed by atoms with Crippen LogP contribution in [-0.2, 0) is 11.3 Å². The highest BCUT2D eigenvalue weighted by Crippen LogP contribution is 2.03. The molecule has 0 aliphatic heterocycles. The molecular formula is C8H13IN4O. The van der Waals surface area contributed by atoms with Crippen LogP contribution in [0, 0.1) is 3.57 Å². The van der Waals surface area contributed by atoms with Gasteiger partial charge in [0.1, 0.15) is 0 Å². The number of carbonyl (C=O) groups excluding carboxylic acids is 1. The molecule has 0 aromatic carbocycles. The van der Waals surface area contributed by atoms with E-state index >= 15 is 0 Å². The number of hydrazine groups is 1. The van der Waals surface area contributed by atoms with Gasteiger partial charge in [0.15, 0.2) is 0 Å². The van der Waals surface area contributed by atoms with E-state index in [9.17, 15) is 4.79 Å². The monoisotopic (exact) mass is 308 g/mol. The van der Waals surface area contributed by atoms with E-state index in [2.05, 4.69) is 33.1 Å². The van der Waals surface area contributed by atoms with Crippen LogP contribution >= 0.6 is 22.6 Å². The number of unbranched alkanes of at least 4 members (excludes halogenated alkanes) is 1.